The van der Waals surface area contributed by atoms with Crippen molar-refractivity contribution in [2.24, 2.45) is 0 Å². The number of benzene rings is 3. The van der Waals surface area contributed by atoms with Gasteiger partial charge >= 0.3 is 6.03 Å². The molecular formula is C28H24FN3O7. The maximum atomic E-state index is 13.3. The van der Waals surface area contributed by atoms with E-state index in [0.717, 1.165) is 17.0 Å². The van der Waals surface area contributed by atoms with Crippen molar-refractivity contribution in [1.82, 2.24) is 5.32 Å². The first-order valence-corrected chi connectivity index (χ1v) is 11.8. The van der Waals surface area contributed by atoms with Crippen LogP contribution in [0.4, 0.5) is 20.6 Å². The van der Waals surface area contributed by atoms with Crippen molar-refractivity contribution in [3.05, 3.63) is 83.7 Å². The van der Waals surface area contributed by atoms with Crippen LogP contribution in [0.5, 0.6) is 17.2 Å². The second kappa shape index (κ2) is 11.9. The normalized spacial score (nSPS) is 14.2. The van der Waals surface area contributed by atoms with Crippen molar-refractivity contribution in [1.29, 1.82) is 0 Å². The lowest BCUT2D eigenvalue weighted by molar-refractivity contribution is -0.122. The summed E-state index contributed by atoms with van der Waals surface area (Å²) in [5.74, 6) is -1.49. The highest BCUT2D eigenvalue weighted by Crippen LogP contribution is 2.30. The Morgan fingerprint density at radius 2 is 1.69 bits per heavy atom. The van der Waals surface area contributed by atoms with Gasteiger partial charge in [-0.25, -0.2) is 14.1 Å². The number of nitrogens with one attached hydrogen (secondary N) is 2. The number of rotatable bonds is 9. The number of hydrogen-bond donors (Lipinski definition) is 2. The van der Waals surface area contributed by atoms with Crippen LogP contribution >= 0.6 is 0 Å². The zero-order valence-corrected chi connectivity index (χ0v) is 21.0. The Balaban J connectivity index is 1.51. The molecule has 0 radical (unpaired) electrons. The van der Waals surface area contributed by atoms with Crippen molar-refractivity contribution in [3.8, 4) is 17.2 Å². The summed E-state index contributed by atoms with van der Waals surface area (Å²) in [5, 5.41) is 4.82. The van der Waals surface area contributed by atoms with E-state index in [1.165, 1.54) is 30.3 Å². The van der Waals surface area contributed by atoms with Crippen LogP contribution in [0.15, 0.2) is 72.3 Å². The number of urea groups is 1. The summed E-state index contributed by atoms with van der Waals surface area (Å²) in [6, 6.07) is 15.2. The molecule has 2 N–H and O–H groups in total. The van der Waals surface area contributed by atoms with Gasteiger partial charge in [-0.3, -0.25) is 19.7 Å². The SMILES string of the molecule is CCOc1cc(/C=C2\C(=O)NC(=O)N(c3ccc(F)cc3)C2=O)ccc1OCC(=O)Nc1ccc(OC)cc1. The maximum Gasteiger partial charge on any atom is 0.335 e. The first kappa shape index (κ1) is 26.9. The van der Waals surface area contributed by atoms with E-state index in [0.29, 0.717) is 17.0 Å². The highest BCUT2D eigenvalue weighted by atomic mass is 19.1. The van der Waals surface area contributed by atoms with Crippen LogP contribution in [0, 0.1) is 5.82 Å². The van der Waals surface area contributed by atoms with Gasteiger partial charge in [-0.1, -0.05) is 6.07 Å². The Hall–Kier alpha value is -5.19. The smallest absolute Gasteiger partial charge is 0.335 e. The number of amides is 5. The Bertz CT molecular complexity index is 1440. The largest absolute Gasteiger partial charge is 0.497 e. The van der Waals surface area contributed by atoms with Gasteiger partial charge < -0.3 is 19.5 Å². The molecule has 4 rings (SSSR count). The van der Waals surface area contributed by atoms with E-state index < -0.39 is 29.6 Å². The fourth-order valence-corrected chi connectivity index (χ4v) is 3.67. The minimum atomic E-state index is -0.944. The second-order valence-electron chi connectivity index (χ2n) is 8.14. The summed E-state index contributed by atoms with van der Waals surface area (Å²) >= 11 is 0. The molecule has 1 heterocycles. The first-order chi connectivity index (χ1) is 18.8. The molecule has 0 bridgehead atoms. The molecule has 0 aliphatic carbocycles. The number of imide groups is 2. The molecule has 1 aliphatic heterocycles. The van der Waals surface area contributed by atoms with E-state index in [2.05, 4.69) is 10.6 Å². The van der Waals surface area contributed by atoms with Crippen molar-refractivity contribution >= 4 is 41.2 Å². The summed E-state index contributed by atoms with van der Waals surface area (Å²) < 4.78 is 29.7. The van der Waals surface area contributed by atoms with Gasteiger partial charge in [0.25, 0.3) is 17.7 Å². The summed E-state index contributed by atoms with van der Waals surface area (Å²) in [4.78, 5) is 51.0. The third-order valence-electron chi connectivity index (χ3n) is 5.50. The fourth-order valence-electron chi connectivity index (χ4n) is 3.67. The standard InChI is InChI=1S/C28H24FN3O7/c1-3-38-24-15-17(4-13-23(24)39-16-25(33)30-19-7-11-21(37-2)12-8-19)14-22-26(34)31-28(36)32(27(22)35)20-9-5-18(29)6-10-20/h4-15H,3,16H2,1-2H3,(H,30,33)(H,31,34,36)/b22-14+. The molecule has 3 aromatic rings. The zero-order valence-electron chi connectivity index (χ0n) is 21.0. The fraction of sp³-hybridized carbons (Fsp3) is 0.143. The monoisotopic (exact) mass is 533 g/mol. The molecule has 1 saturated heterocycles. The van der Waals surface area contributed by atoms with E-state index >= 15 is 0 Å². The number of carbonyl (C=O) groups excluding carboxylic acids is 4. The van der Waals surface area contributed by atoms with E-state index in [1.54, 1.807) is 44.4 Å². The van der Waals surface area contributed by atoms with E-state index in [4.69, 9.17) is 14.2 Å². The number of barbiturate groups is 1. The van der Waals surface area contributed by atoms with E-state index in [9.17, 15) is 23.6 Å². The van der Waals surface area contributed by atoms with Crippen molar-refractivity contribution in [2.75, 3.05) is 30.5 Å². The summed E-state index contributed by atoms with van der Waals surface area (Å²) in [6.45, 7) is 1.73. The van der Waals surface area contributed by atoms with Gasteiger partial charge in [-0.15, -0.1) is 0 Å². The number of nitrogens with zero attached hydrogens (tertiary/aromatic N) is 1. The topological polar surface area (TPSA) is 123 Å². The average molecular weight is 534 g/mol. The second-order valence-corrected chi connectivity index (χ2v) is 8.14. The lowest BCUT2D eigenvalue weighted by Gasteiger charge is -2.26. The van der Waals surface area contributed by atoms with Crippen LogP contribution in [0.1, 0.15) is 12.5 Å². The molecule has 3 aromatic carbocycles. The number of anilines is 2. The van der Waals surface area contributed by atoms with Gasteiger partial charge in [0, 0.05) is 5.69 Å². The van der Waals surface area contributed by atoms with Crippen LogP contribution in [0.25, 0.3) is 6.08 Å². The molecule has 1 fully saturated rings. The van der Waals surface area contributed by atoms with Crippen molar-refractivity contribution in [2.45, 2.75) is 6.92 Å². The Morgan fingerprint density at radius 3 is 2.36 bits per heavy atom. The molecule has 11 heteroatoms. The molecule has 0 unspecified atom stereocenters. The summed E-state index contributed by atoms with van der Waals surface area (Å²) in [6.07, 6.45) is 1.29. The number of ether oxygens (including phenoxy) is 3. The lowest BCUT2D eigenvalue weighted by atomic mass is 10.1. The Morgan fingerprint density at radius 1 is 0.974 bits per heavy atom. The third kappa shape index (κ3) is 6.39. The van der Waals surface area contributed by atoms with Gasteiger partial charge in [0.05, 0.1) is 19.4 Å². The van der Waals surface area contributed by atoms with Gasteiger partial charge in [0.1, 0.15) is 17.1 Å². The summed E-state index contributed by atoms with van der Waals surface area (Å²) in [7, 11) is 1.55. The van der Waals surface area contributed by atoms with Gasteiger partial charge in [0.15, 0.2) is 18.1 Å². The Labute approximate surface area is 223 Å². The average Bonchev–Trinajstić information content (AvgIpc) is 2.92. The number of hydrogen-bond acceptors (Lipinski definition) is 7. The highest BCUT2D eigenvalue weighted by Gasteiger charge is 2.36. The van der Waals surface area contributed by atoms with Gasteiger partial charge in [-0.2, -0.15) is 0 Å². The first-order valence-electron chi connectivity index (χ1n) is 11.8. The molecule has 0 spiro atoms. The van der Waals surface area contributed by atoms with E-state index in [-0.39, 0.29) is 36.0 Å². The molecule has 1 aliphatic rings. The number of halogens is 1. The van der Waals surface area contributed by atoms with Crippen LogP contribution in [0.2, 0.25) is 0 Å². The molecule has 0 aromatic heterocycles. The molecule has 5 amide bonds. The van der Waals surface area contributed by atoms with Crippen molar-refractivity contribution in [3.63, 3.8) is 0 Å². The quantitative estimate of drug-likeness (QED) is 0.316. The van der Waals surface area contributed by atoms with Crippen LogP contribution in [-0.4, -0.2) is 44.1 Å². The lowest BCUT2D eigenvalue weighted by Crippen LogP contribution is -2.54. The van der Waals surface area contributed by atoms with Crippen molar-refractivity contribution < 1.29 is 37.8 Å². The molecular weight excluding hydrogens is 509 g/mol. The number of carbonyl (C=O) groups is 4. The molecule has 0 saturated carbocycles. The third-order valence-corrected chi connectivity index (χ3v) is 5.50. The van der Waals surface area contributed by atoms with Crippen LogP contribution < -0.4 is 29.7 Å². The Kier molecular flexibility index (Phi) is 8.20. The predicted octanol–water partition coefficient (Wildman–Crippen LogP) is 3.92. The number of methoxy groups -OCH3 is 1. The zero-order chi connectivity index (χ0) is 27.9. The van der Waals surface area contributed by atoms with Gasteiger partial charge in [-0.05, 0) is 79.2 Å². The summed E-state index contributed by atoms with van der Waals surface area (Å²) in [5.41, 5.74) is 0.762. The molecule has 39 heavy (non-hydrogen) atoms. The molecule has 200 valence electrons. The minimum Gasteiger partial charge on any atom is -0.497 e. The maximum absolute atomic E-state index is 13.3. The highest BCUT2D eigenvalue weighted by molar-refractivity contribution is 6.39. The molecule has 0 atom stereocenters. The van der Waals surface area contributed by atoms with E-state index in [1.807, 2.05) is 0 Å². The minimum absolute atomic E-state index is 0.101. The predicted molar refractivity (Wildman–Crippen MR) is 140 cm³/mol. The van der Waals surface area contributed by atoms with Crippen LogP contribution in [0.3, 0.4) is 0 Å². The van der Waals surface area contributed by atoms with Crippen LogP contribution in [-0.2, 0) is 14.4 Å². The van der Waals surface area contributed by atoms with Gasteiger partial charge in [0.2, 0.25) is 0 Å². The molecule has 10 nitrogen and oxygen atoms in total.